The second-order valence-electron chi connectivity index (χ2n) is 3.87. The fraction of sp³-hybridized carbons (Fsp3) is 0.154. The monoisotopic (exact) mass is 265 g/mol. The lowest BCUT2D eigenvalue weighted by Crippen LogP contribution is -1.95. The molecule has 0 bridgehead atoms. The molecule has 0 aliphatic heterocycles. The average Bonchev–Trinajstić information content (AvgIpc) is 2.71. The highest BCUT2D eigenvalue weighted by Gasteiger charge is 2.14. The lowest BCUT2D eigenvalue weighted by atomic mass is 10.1. The van der Waals surface area contributed by atoms with Crippen molar-refractivity contribution in [2.75, 3.05) is 7.11 Å². The number of nitrogens with one attached hydrogen (secondary N) is 1. The Bertz CT molecular complexity index is 604. The Labute approximate surface area is 109 Å². The van der Waals surface area contributed by atoms with Gasteiger partial charge in [0.25, 0.3) is 0 Å². The fourth-order valence-corrected chi connectivity index (χ4v) is 2.04. The van der Waals surface area contributed by atoms with Crippen molar-refractivity contribution in [3.63, 3.8) is 0 Å². The number of carboxylic acid groups (broad SMARTS) is 1. The minimum atomic E-state index is -0.959. The van der Waals surface area contributed by atoms with Crippen molar-refractivity contribution >= 4 is 17.6 Å². The van der Waals surface area contributed by atoms with Crippen molar-refractivity contribution in [3.8, 4) is 17.0 Å². The van der Waals surface area contributed by atoms with Crippen molar-refractivity contribution in [1.82, 2.24) is 4.98 Å². The molecule has 2 aromatic rings. The van der Waals surface area contributed by atoms with Gasteiger partial charge in [0.2, 0.25) is 0 Å². The number of halogens is 1. The Hall–Kier alpha value is -1.94. The highest BCUT2D eigenvalue weighted by molar-refractivity contribution is 6.33. The first-order chi connectivity index (χ1) is 8.52. The molecule has 0 fully saturated rings. The van der Waals surface area contributed by atoms with Crippen LogP contribution in [0.1, 0.15) is 16.1 Å². The zero-order valence-corrected chi connectivity index (χ0v) is 10.7. The molecule has 0 saturated carbocycles. The topological polar surface area (TPSA) is 62.3 Å². The number of methoxy groups -OCH3 is 1. The van der Waals surface area contributed by atoms with E-state index in [2.05, 4.69) is 4.98 Å². The Balaban J connectivity index is 2.49. The van der Waals surface area contributed by atoms with Crippen LogP contribution in [0, 0.1) is 6.92 Å². The third kappa shape index (κ3) is 2.19. The molecule has 0 saturated heterocycles. The predicted octanol–water partition coefficient (Wildman–Crippen LogP) is 3.35. The Morgan fingerprint density at radius 1 is 1.39 bits per heavy atom. The molecule has 0 radical (unpaired) electrons. The molecule has 4 nitrogen and oxygen atoms in total. The highest BCUT2D eigenvalue weighted by Crippen LogP contribution is 2.31. The summed E-state index contributed by atoms with van der Waals surface area (Å²) < 4.78 is 5.06. The maximum absolute atomic E-state index is 11.0. The summed E-state index contributed by atoms with van der Waals surface area (Å²) in [5.74, 6) is -0.301. The van der Waals surface area contributed by atoms with Crippen LogP contribution in [0.3, 0.4) is 0 Å². The summed E-state index contributed by atoms with van der Waals surface area (Å²) in [6.45, 7) is 1.71. The van der Waals surface area contributed by atoms with Gasteiger partial charge in [-0.05, 0) is 31.2 Å². The van der Waals surface area contributed by atoms with Gasteiger partial charge in [0.15, 0.2) is 0 Å². The molecule has 0 aliphatic carbocycles. The van der Waals surface area contributed by atoms with Crippen LogP contribution in [0.25, 0.3) is 11.3 Å². The van der Waals surface area contributed by atoms with E-state index in [9.17, 15) is 4.79 Å². The summed E-state index contributed by atoms with van der Waals surface area (Å²) in [6.07, 6.45) is 0. The summed E-state index contributed by atoms with van der Waals surface area (Å²) in [7, 11) is 1.56. The van der Waals surface area contributed by atoms with Gasteiger partial charge in [-0.1, -0.05) is 11.6 Å². The number of benzene rings is 1. The van der Waals surface area contributed by atoms with Crippen molar-refractivity contribution in [2.24, 2.45) is 0 Å². The highest BCUT2D eigenvalue weighted by atomic mass is 35.5. The molecule has 2 rings (SSSR count). The molecule has 0 atom stereocenters. The van der Waals surface area contributed by atoms with E-state index in [1.807, 2.05) is 0 Å². The fourth-order valence-electron chi connectivity index (χ4n) is 1.77. The maximum atomic E-state index is 11.0. The molecule has 0 amide bonds. The number of rotatable bonds is 3. The largest absolute Gasteiger partial charge is 0.497 e. The predicted molar refractivity (Wildman–Crippen MR) is 69.5 cm³/mol. The number of hydrogen-bond donors (Lipinski definition) is 2. The van der Waals surface area contributed by atoms with Gasteiger partial charge in [-0.25, -0.2) is 4.79 Å². The molecular weight excluding hydrogens is 254 g/mol. The van der Waals surface area contributed by atoms with Gasteiger partial charge in [-0.2, -0.15) is 0 Å². The Morgan fingerprint density at radius 3 is 2.61 bits per heavy atom. The minimum absolute atomic E-state index is 0.247. The second kappa shape index (κ2) is 4.74. The van der Waals surface area contributed by atoms with E-state index in [0.717, 1.165) is 5.56 Å². The summed E-state index contributed by atoms with van der Waals surface area (Å²) in [6, 6.07) is 6.83. The molecule has 94 valence electrons. The van der Waals surface area contributed by atoms with Gasteiger partial charge in [0.1, 0.15) is 5.75 Å². The first kappa shape index (κ1) is 12.5. The normalized spacial score (nSPS) is 10.4. The molecule has 2 N–H and O–H groups in total. The lowest BCUT2D eigenvalue weighted by Gasteiger charge is -2.04. The van der Waals surface area contributed by atoms with Crippen molar-refractivity contribution in [2.45, 2.75) is 6.92 Å². The van der Waals surface area contributed by atoms with Gasteiger partial charge in [0.05, 0.1) is 17.7 Å². The minimum Gasteiger partial charge on any atom is -0.497 e. The summed E-state index contributed by atoms with van der Waals surface area (Å²) in [5, 5.41) is 9.51. The first-order valence-electron chi connectivity index (χ1n) is 5.29. The van der Waals surface area contributed by atoms with E-state index in [1.54, 1.807) is 38.3 Å². The molecular formula is C13H12ClNO3. The molecule has 1 heterocycles. The van der Waals surface area contributed by atoms with Crippen LogP contribution < -0.4 is 4.74 Å². The van der Waals surface area contributed by atoms with E-state index in [0.29, 0.717) is 22.2 Å². The Kier molecular flexibility index (Phi) is 3.30. The van der Waals surface area contributed by atoms with Crippen LogP contribution in [-0.2, 0) is 0 Å². The van der Waals surface area contributed by atoms with E-state index in [1.165, 1.54) is 0 Å². The third-order valence-corrected chi connectivity index (χ3v) is 3.02. The summed E-state index contributed by atoms with van der Waals surface area (Å²) in [5.41, 5.74) is 2.27. The number of carboxylic acids is 1. The summed E-state index contributed by atoms with van der Waals surface area (Å²) in [4.78, 5) is 14.0. The smallest absolute Gasteiger partial charge is 0.337 e. The third-order valence-electron chi connectivity index (χ3n) is 2.71. The molecule has 5 heteroatoms. The number of hydrogen-bond acceptors (Lipinski definition) is 2. The van der Waals surface area contributed by atoms with Gasteiger partial charge in [0, 0.05) is 17.0 Å². The van der Waals surface area contributed by atoms with Crippen molar-refractivity contribution in [1.29, 1.82) is 0 Å². The van der Waals surface area contributed by atoms with Gasteiger partial charge in [-0.15, -0.1) is 0 Å². The zero-order chi connectivity index (χ0) is 13.3. The standard InChI is InChI=1S/C13H12ClNO3/c1-7-10(13(16)17)6-12(15-7)9-4-3-8(18-2)5-11(9)14/h3-6,15H,1-2H3,(H,16,17). The van der Waals surface area contributed by atoms with E-state index >= 15 is 0 Å². The molecule has 0 unspecified atom stereocenters. The van der Waals surface area contributed by atoms with Crippen LogP contribution in [0.15, 0.2) is 24.3 Å². The van der Waals surface area contributed by atoms with Gasteiger partial charge < -0.3 is 14.8 Å². The van der Waals surface area contributed by atoms with Crippen molar-refractivity contribution in [3.05, 3.63) is 40.5 Å². The van der Waals surface area contributed by atoms with Crippen LogP contribution in [0.4, 0.5) is 0 Å². The second-order valence-corrected chi connectivity index (χ2v) is 4.28. The van der Waals surface area contributed by atoms with E-state index in [-0.39, 0.29) is 5.56 Å². The first-order valence-corrected chi connectivity index (χ1v) is 5.67. The van der Waals surface area contributed by atoms with Crippen LogP contribution in [0.5, 0.6) is 5.75 Å². The maximum Gasteiger partial charge on any atom is 0.337 e. The van der Waals surface area contributed by atoms with Gasteiger partial charge >= 0.3 is 5.97 Å². The van der Waals surface area contributed by atoms with E-state index < -0.39 is 5.97 Å². The molecule has 1 aromatic heterocycles. The average molecular weight is 266 g/mol. The molecule has 1 aromatic carbocycles. The quantitative estimate of drug-likeness (QED) is 0.895. The molecule has 18 heavy (non-hydrogen) atoms. The van der Waals surface area contributed by atoms with Crippen molar-refractivity contribution < 1.29 is 14.6 Å². The SMILES string of the molecule is COc1ccc(-c2cc(C(=O)O)c(C)[nH]2)c(Cl)c1. The number of aromatic amines is 1. The number of aromatic nitrogens is 1. The van der Waals surface area contributed by atoms with Gasteiger partial charge in [-0.3, -0.25) is 0 Å². The molecule has 0 spiro atoms. The van der Waals surface area contributed by atoms with Crippen LogP contribution >= 0.6 is 11.6 Å². The zero-order valence-electron chi connectivity index (χ0n) is 9.95. The lowest BCUT2D eigenvalue weighted by molar-refractivity contribution is 0.0696. The van der Waals surface area contributed by atoms with Crippen LogP contribution in [0.2, 0.25) is 5.02 Å². The number of aromatic carboxylic acids is 1. The number of aryl methyl sites for hydroxylation is 1. The summed E-state index contributed by atoms with van der Waals surface area (Å²) >= 11 is 6.14. The van der Waals surface area contributed by atoms with Crippen LogP contribution in [-0.4, -0.2) is 23.2 Å². The number of carbonyl (C=O) groups is 1. The number of ether oxygens (including phenoxy) is 1. The Morgan fingerprint density at radius 2 is 2.11 bits per heavy atom. The molecule has 0 aliphatic rings. The number of H-pyrrole nitrogens is 1. The van der Waals surface area contributed by atoms with E-state index in [4.69, 9.17) is 21.4 Å².